The Morgan fingerprint density at radius 1 is 0.509 bits per heavy atom. The molecule has 13 heteroatoms. The minimum absolute atomic E-state index is 0.112. The van der Waals surface area contributed by atoms with Crippen molar-refractivity contribution >= 4 is 23.9 Å². The minimum Gasteiger partial charge on any atom is -0.508 e. The van der Waals surface area contributed by atoms with Gasteiger partial charge >= 0.3 is 23.9 Å². The predicted molar refractivity (Wildman–Crippen MR) is 198 cm³/mol. The first-order valence-electron chi connectivity index (χ1n) is 17.4. The van der Waals surface area contributed by atoms with Gasteiger partial charge in [-0.2, -0.15) is 0 Å². The SMILES string of the molecule is C/C=C/C=C\C(=O)Oc1c(OC(=O)/C=C\[C@@H]2O[C@H]2C)c(-c2ccc(O)cc2)c(OC(=O)/C=C\[C@@H]2O[C@H]2C)c(OC(=O)/C=C\[C@@H]2O[C@H]2C)c1-c1ccc(O)cc1. The van der Waals surface area contributed by atoms with Crippen LogP contribution in [-0.2, 0) is 33.4 Å². The van der Waals surface area contributed by atoms with Crippen molar-refractivity contribution in [2.24, 2.45) is 0 Å². The van der Waals surface area contributed by atoms with Crippen LogP contribution in [0.2, 0.25) is 0 Å². The zero-order valence-corrected chi connectivity index (χ0v) is 30.2. The molecular formula is C42H38O13. The lowest BCUT2D eigenvalue weighted by atomic mass is 9.94. The Labute approximate surface area is 316 Å². The van der Waals surface area contributed by atoms with Gasteiger partial charge in [0.1, 0.15) is 29.8 Å². The smallest absolute Gasteiger partial charge is 0.336 e. The number of benzene rings is 3. The highest BCUT2D eigenvalue weighted by atomic mass is 16.6. The number of hydrogen-bond acceptors (Lipinski definition) is 13. The number of phenols is 2. The molecule has 6 atom stereocenters. The maximum atomic E-state index is 13.6. The van der Waals surface area contributed by atoms with Crippen LogP contribution in [0, 0.1) is 0 Å². The maximum Gasteiger partial charge on any atom is 0.336 e. The van der Waals surface area contributed by atoms with Crippen LogP contribution in [0.5, 0.6) is 34.5 Å². The first-order chi connectivity index (χ1) is 26.4. The van der Waals surface area contributed by atoms with E-state index in [2.05, 4.69) is 0 Å². The molecule has 284 valence electrons. The minimum atomic E-state index is -0.927. The summed E-state index contributed by atoms with van der Waals surface area (Å²) in [6.45, 7) is 7.22. The summed E-state index contributed by atoms with van der Waals surface area (Å²) in [6.07, 6.45) is 12.4. The average molecular weight is 751 g/mol. The van der Waals surface area contributed by atoms with Gasteiger partial charge in [-0.3, -0.25) is 0 Å². The number of hydrogen-bond donors (Lipinski definition) is 2. The van der Waals surface area contributed by atoms with E-state index in [0.717, 1.165) is 24.3 Å². The third-order valence-electron chi connectivity index (χ3n) is 8.52. The molecule has 3 aromatic rings. The van der Waals surface area contributed by atoms with Gasteiger partial charge in [-0.15, -0.1) is 0 Å². The van der Waals surface area contributed by atoms with E-state index in [4.69, 9.17) is 33.2 Å². The van der Waals surface area contributed by atoms with Crippen LogP contribution in [-0.4, -0.2) is 70.7 Å². The molecule has 2 N–H and O–H groups in total. The van der Waals surface area contributed by atoms with Gasteiger partial charge in [0.05, 0.1) is 29.4 Å². The van der Waals surface area contributed by atoms with Crippen molar-refractivity contribution in [1.82, 2.24) is 0 Å². The predicted octanol–water partition coefficient (Wildman–Crippen LogP) is 6.22. The molecule has 0 bridgehead atoms. The van der Waals surface area contributed by atoms with E-state index in [1.807, 2.05) is 20.8 Å². The van der Waals surface area contributed by atoms with Crippen molar-refractivity contribution in [3.63, 3.8) is 0 Å². The monoisotopic (exact) mass is 750 g/mol. The molecule has 0 radical (unpaired) electrons. The number of epoxide rings is 3. The van der Waals surface area contributed by atoms with E-state index < -0.39 is 46.9 Å². The molecule has 13 nitrogen and oxygen atoms in total. The van der Waals surface area contributed by atoms with Crippen molar-refractivity contribution in [2.75, 3.05) is 0 Å². The summed E-state index contributed by atoms with van der Waals surface area (Å²) in [4.78, 5) is 54.2. The van der Waals surface area contributed by atoms with Crippen molar-refractivity contribution in [3.8, 4) is 56.8 Å². The summed E-state index contributed by atoms with van der Waals surface area (Å²) in [5, 5.41) is 20.4. The van der Waals surface area contributed by atoms with E-state index in [1.165, 1.54) is 72.8 Å². The average Bonchev–Trinajstić information content (AvgIpc) is 4.11. The number of carbonyl (C=O) groups is 4. The molecule has 3 fully saturated rings. The second-order valence-corrected chi connectivity index (χ2v) is 12.7. The Morgan fingerprint density at radius 3 is 1.07 bits per heavy atom. The van der Waals surface area contributed by atoms with Crippen molar-refractivity contribution in [3.05, 3.63) is 109 Å². The first kappa shape index (κ1) is 38.4. The largest absolute Gasteiger partial charge is 0.508 e. The fourth-order valence-corrected chi connectivity index (χ4v) is 5.35. The molecule has 3 aliphatic rings. The number of phenolic OH excluding ortho intramolecular Hbond substituents is 2. The van der Waals surface area contributed by atoms with Gasteiger partial charge in [0.2, 0.25) is 0 Å². The summed E-state index contributed by atoms with van der Waals surface area (Å²) in [6, 6.07) is 11.0. The van der Waals surface area contributed by atoms with Gasteiger partial charge in [0, 0.05) is 24.3 Å². The number of allylic oxidation sites excluding steroid dienone is 3. The molecule has 3 saturated heterocycles. The van der Waals surface area contributed by atoms with Crippen LogP contribution in [0.3, 0.4) is 0 Å². The lowest BCUT2D eigenvalue weighted by Crippen LogP contribution is -2.16. The molecule has 3 aliphatic heterocycles. The summed E-state index contributed by atoms with van der Waals surface area (Å²) in [5.41, 5.74) is 0.0401. The number of ether oxygens (including phenoxy) is 7. The molecule has 0 aromatic heterocycles. The highest BCUT2D eigenvalue weighted by Crippen LogP contribution is 2.57. The Hall–Kier alpha value is -6.28. The van der Waals surface area contributed by atoms with Crippen LogP contribution < -0.4 is 18.9 Å². The quantitative estimate of drug-likeness (QED) is 0.0624. The molecule has 6 rings (SSSR count). The van der Waals surface area contributed by atoms with Gasteiger partial charge in [0.25, 0.3) is 0 Å². The molecule has 0 amide bonds. The molecule has 55 heavy (non-hydrogen) atoms. The second kappa shape index (κ2) is 16.8. The molecule has 3 heterocycles. The van der Waals surface area contributed by atoms with Gasteiger partial charge in [-0.25, -0.2) is 19.2 Å². The third kappa shape index (κ3) is 10.0. The van der Waals surface area contributed by atoms with E-state index in [9.17, 15) is 29.4 Å². The van der Waals surface area contributed by atoms with Crippen LogP contribution >= 0.6 is 0 Å². The van der Waals surface area contributed by atoms with Crippen molar-refractivity contribution < 1.29 is 62.5 Å². The van der Waals surface area contributed by atoms with E-state index in [0.29, 0.717) is 0 Å². The number of carbonyl (C=O) groups excluding carboxylic acids is 4. The zero-order chi connectivity index (χ0) is 39.2. The Bertz CT molecular complexity index is 2110. The Morgan fingerprint density at radius 2 is 0.800 bits per heavy atom. The van der Waals surface area contributed by atoms with Crippen molar-refractivity contribution in [1.29, 1.82) is 0 Å². The summed E-state index contributed by atoms with van der Waals surface area (Å²) >= 11 is 0. The Balaban J connectivity index is 1.65. The number of rotatable bonds is 14. The van der Waals surface area contributed by atoms with Gasteiger partial charge in [-0.05, 0) is 81.3 Å². The zero-order valence-electron chi connectivity index (χ0n) is 30.2. The first-order valence-corrected chi connectivity index (χ1v) is 17.4. The van der Waals surface area contributed by atoms with Gasteiger partial charge in [0.15, 0.2) is 23.0 Å². The molecule has 0 aliphatic carbocycles. The molecule has 3 aromatic carbocycles. The van der Waals surface area contributed by atoms with Gasteiger partial charge < -0.3 is 43.4 Å². The lowest BCUT2D eigenvalue weighted by Gasteiger charge is -2.24. The molecular weight excluding hydrogens is 712 g/mol. The van der Waals surface area contributed by atoms with Crippen LogP contribution in [0.15, 0.2) is 109 Å². The molecule has 0 unspecified atom stereocenters. The van der Waals surface area contributed by atoms with Crippen LogP contribution in [0.25, 0.3) is 22.3 Å². The van der Waals surface area contributed by atoms with Crippen LogP contribution in [0.4, 0.5) is 0 Å². The summed E-state index contributed by atoms with van der Waals surface area (Å²) in [5.74, 6) is -5.62. The summed E-state index contributed by atoms with van der Waals surface area (Å²) < 4.78 is 40.1. The number of esters is 4. The molecule has 0 saturated carbocycles. The van der Waals surface area contributed by atoms with E-state index in [-0.39, 0.29) is 70.4 Å². The topological polar surface area (TPSA) is 183 Å². The standard InChI is InChI=1S/C42H38O13/c1-5-6-7-8-33(45)52-39-37(26-9-13-28(43)14-10-26)41(54-35(47)21-18-31-24(3)50-31)42(55-36(48)22-19-32-25(4)51-32)38(27-11-15-29(44)16-12-27)40(39)53-34(46)20-17-30-23(2)49-30/h5-25,30-32,43-44H,1-4H3/b6-5+,8-7-,20-17-,21-18-,22-19-/t23-,24-,25-,30-,31-,32-/m0/s1. The highest BCUT2D eigenvalue weighted by Gasteiger charge is 2.37. The third-order valence-corrected chi connectivity index (χ3v) is 8.52. The normalized spacial score (nSPS) is 22.8. The fourth-order valence-electron chi connectivity index (χ4n) is 5.35. The second-order valence-electron chi connectivity index (χ2n) is 12.7. The summed E-state index contributed by atoms with van der Waals surface area (Å²) in [7, 11) is 0. The van der Waals surface area contributed by atoms with E-state index >= 15 is 0 Å². The van der Waals surface area contributed by atoms with E-state index in [1.54, 1.807) is 19.1 Å². The highest BCUT2D eigenvalue weighted by molar-refractivity contribution is 6.01. The Kier molecular flexibility index (Phi) is 11.7. The lowest BCUT2D eigenvalue weighted by molar-refractivity contribution is -0.132. The van der Waals surface area contributed by atoms with Crippen LogP contribution in [0.1, 0.15) is 27.7 Å². The van der Waals surface area contributed by atoms with Crippen molar-refractivity contribution in [2.45, 2.75) is 64.3 Å². The number of aromatic hydroxyl groups is 2. The van der Waals surface area contributed by atoms with Gasteiger partial charge in [-0.1, -0.05) is 42.5 Å². The fraction of sp³-hybridized carbons (Fsp3) is 0.238. The maximum absolute atomic E-state index is 13.6. The molecule has 0 spiro atoms.